The molecule has 3 aromatic carbocycles. The fraction of sp³-hybridized carbons (Fsp3) is 0.160. The number of anilines is 3. The lowest BCUT2D eigenvalue weighted by molar-refractivity contribution is -0.124. The van der Waals surface area contributed by atoms with Crippen LogP contribution in [-0.2, 0) is 14.3 Å². The van der Waals surface area contributed by atoms with Crippen LogP contribution in [0.3, 0.4) is 0 Å². The zero-order valence-electron chi connectivity index (χ0n) is 18.2. The Morgan fingerprint density at radius 2 is 1.59 bits per heavy atom. The van der Waals surface area contributed by atoms with Gasteiger partial charge < -0.3 is 19.7 Å². The number of halogens is 1. The second-order valence-electron chi connectivity index (χ2n) is 7.51. The summed E-state index contributed by atoms with van der Waals surface area (Å²) in [6, 6.07) is 22.5. The highest BCUT2D eigenvalue weighted by atomic mass is 35.5. The molecule has 8 nitrogen and oxygen atoms in total. The van der Waals surface area contributed by atoms with Crippen molar-refractivity contribution < 1.29 is 19.1 Å². The normalized spacial score (nSPS) is 14.3. The largest absolute Gasteiger partial charge is 0.431 e. The number of rotatable bonds is 6. The van der Waals surface area contributed by atoms with Gasteiger partial charge >= 0.3 is 6.09 Å². The van der Waals surface area contributed by atoms with Crippen LogP contribution in [-0.4, -0.2) is 37.6 Å². The summed E-state index contributed by atoms with van der Waals surface area (Å²) in [6.07, 6.45) is -1.94. The number of ether oxygens (including phenoxy) is 2. The average molecular weight is 479 g/mol. The molecule has 0 aliphatic carbocycles. The van der Waals surface area contributed by atoms with Crippen molar-refractivity contribution in [1.29, 1.82) is 5.41 Å². The van der Waals surface area contributed by atoms with Gasteiger partial charge in [-0.1, -0.05) is 41.9 Å². The predicted molar refractivity (Wildman–Crippen MR) is 132 cm³/mol. The lowest BCUT2D eigenvalue weighted by atomic mass is 10.1. The molecule has 9 heteroatoms. The average Bonchev–Trinajstić information content (AvgIpc) is 2.85. The summed E-state index contributed by atoms with van der Waals surface area (Å²) >= 11 is 5.88. The van der Waals surface area contributed by atoms with Gasteiger partial charge in [0.1, 0.15) is 12.4 Å². The standard InChI is InChI=1S/C25H23ClN4O4/c26-18-6-8-20(9-7-18)29-25(32)34-23(17-4-2-1-3-5-17)24(31)28-19-10-12-21(13-11-19)30-14-15-33-16-22(30)27/h1-13,23,27H,14-16H2,(H,28,31)(H,29,32). The van der Waals surface area contributed by atoms with E-state index in [0.29, 0.717) is 40.9 Å². The SMILES string of the molecule is N=C1COCCN1c1ccc(NC(=O)C(OC(=O)Nc2ccc(Cl)cc2)c2ccccc2)cc1. The van der Waals surface area contributed by atoms with Crippen LogP contribution in [0.15, 0.2) is 78.9 Å². The highest BCUT2D eigenvalue weighted by Gasteiger charge is 2.25. The predicted octanol–water partition coefficient (Wildman–Crippen LogP) is 5.08. The van der Waals surface area contributed by atoms with Gasteiger partial charge in [0.05, 0.1) is 6.61 Å². The van der Waals surface area contributed by atoms with Crippen LogP contribution < -0.4 is 15.5 Å². The molecule has 174 valence electrons. The van der Waals surface area contributed by atoms with Crippen LogP contribution in [0.5, 0.6) is 0 Å². The van der Waals surface area contributed by atoms with Crippen molar-refractivity contribution in [3.05, 3.63) is 89.4 Å². The summed E-state index contributed by atoms with van der Waals surface area (Å²) < 4.78 is 10.8. The molecule has 3 aromatic rings. The van der Waals surface area contributed by atoms with E-state index in [2.05, 4.69) is 10.6 Å². The lowest BCUT2D eigenvalue weighted by Crippen LogP contribution is -2.41. The van der Waals surface area contributed by atoms with E-state index >= 15 is 0 Å². The molecule has 1 fully saturated rings. The smallest absolute Gasteiger partial charge is 0.412 e. The van der Waals surface area contributed by atoms with Gasteiger partial charge in [0.15, 0.2) is 0 Å². The van der Waals surface area contributed by atoms with E-state index in [4.69, 9.17) is 26.5 Å². The highest BCUT2D eigenvalue weighted by Crippen LogP contribution is 2.24. The number of nitrogens with zero attached hydrogens (tertiary/aromatic N) is 1. The van der Waals surface area contributed by atoms with Gasteiger partial charge in [0.25, 0.3) is 5.91 Å². The molecule has 4 rings (SSSR count). The molecule has 0 saturated carbocycles. The van der Waals surface area contributed by atoms with Gasteiger partial charge in [-0.3, -0.25) is 15.5 Å². The minimum atomic E-state index is -1.17. The van der Waals surface area contributed by atoms with E-state index in [1.54, 1.807) is 60.7 Å². The van der Waals surface area contributed by atoms with Crippen molar-refractivity contribution in [3.63, 3.8) is 0 Å². The van der Waals surface area contributed by atoms with Crippen molar-refractivity contribution in [2.75, 3.05) is 35.3 Å². The second-order valence-corrected chi connectivity index (χ2v) is 7.95. The molecule has 0 aromatic heterocycles. The first kappa shape index (κ1) is 23.3. The fourth-order valence-corrected chi connectivity index (χ4v) is 3.57. The van der Waals surface area contributed by atoms with E-state index in [1.165, 1.54) is 0 Å². The molecule has 0 radical (unpaired) electrons. The quantitative estimate of drug-likeness (QED) is 0.458. The van der Waals surface area contributed by atoms with Crippen molar-refractivity contribution in [3.8, 4) is 0 Å². The van der Waals surface area contributed by atoms with E-state index in [9.17, 15) is 9.59 Å². The number of carbonyl (C=O) groups is 2. The maximum absolute atomic E-state index is 13.1. The number of carbonyl (C=O) groups excluding carboxylic acids is 2. The third kappa shape index (κ3) is 5.92. The summed E-state index contributed by atoms with van der Waals surface area (Å²) in [5, 5.41) is 14.0. The molecule has 1 aliphatic rings. The van der Waals surface area contributed by atoms with Gasteiger partial charge in [-0.25, -0.2) is 4.79 Å². The van der Waals surface area contributed by atoms with Crippen molar-refractivity contribution in [2.24, 2.45) is 0 Å². The molecule has 0 spiro atoms. The van der Waals surface area contributed by atoms with E-state index in [-0.39, 0.29) is 6.61 Å². The summed E-state index contributed by atoms with van der Waals surface area (Å²) in [4.78, 5) is 27.4. The highest BCUT2D eigenvalue weighted by molar-refractivity contribution is 6.30. The summed E-state index contributed by atoms with van der Waals surface area (Å²) in [6.45, 7) is 1.42. The fourth-order valence-electron chi connectivity index (χ4n) is 3.44. The monoisotopic (exact) mass is 478 g/mol. The first-order valence-electron chi connectivity index (χ1n) is 10.6. The number of benzene rings is 3. The number of morpholine rings is 1. The number of hydrogen-bond acceptors (Lipinski definition) is 5. The Labute approximate surface area is 201 Å². The Morgan fingerprint density at radius 1 is 0.941 bits per heavy atom. The van der Waals surface area contributed by atoms with E-state index < -0.39 is 18.1 Å². The molecule has 1 atom stereocenters. The molecule has 1 aliphatic heterocycles. The van der Waals surface area contributed by atoms with E-state index in [1.807, 2.05) is 23.1 Å². The molecule has 0 bridgehead atoms. The maximum atomic E-state index is 13.1. The zero-order valence-corrected chi connectivity index (χ0v) is 18.9. The molecular weight excluding hydrogens is 456 g/mol. The van der Waals surface area contributed by atoms with Crippen molar-refractivity contribution >= 4 is 46.5 Å². The van der Waals surface area contributed by atoms with Crippen LogP contribution in [0, 0.1) is 5.41 Å². The van der Waals surface area contributed by atoms with Gasteiger partial charge in [-0.05, 0) is 48.5 Å². The van der Waals surface area contributed by atoms with Crippen molar-refractivity contribution in [2.45, 2.75) is 6.10 Å². The first-order valence-corrected chi connectivity index (χ1v) is 11.0. The van der Waals surface area contributed by atoms with Gasteiger partial charge in [-0.2, -0.15) is 0 Å². The van der Waals surface area contributed by atoms with Crippen LogP contribution >= 0.6 is 11.6 Å². The minimum absolute atomic E-state index is 0.271. The lowest BCUT2D eigenvalue weighted by Gasteiger charge is -2.29. The summed E-state index contributed by atoms with van der Waals surface area (Å²) in [5.74, 6) is -0.114. The van der Waals surface area contributed by atoms with E-state index in [0.717, 1.165) is 5.69 Å². The van der Waals surface area contributed by atoms with Crippen LogP contribution in [0.4, 0.5) is 21.9 Å². The van der Waals surface area contributed by atoms with Gasteiger partial charge in [0, 0.05) is 34.2 Å². The van der Waals surface area contributed by atoms with Gasteiger partial charge in [-0.15, -0.1) is 0 Å². The molecule has 1 heterocycles. The van der Waals surface area contributed by atoms with Crippen LogP contribution in [0.25, 0.3) is 0 Å². The number of hydrogen-bond donors (Lipinski definition) is 3. The molecule has 3 N–H and O–H groups in total. The third-order valence-electron chi connectivity index (χ3n) is 5.13. The molecule has 2 amide bonds. The van der Waals surface area contributed by atoms with Crippen molar-refractivity contribution in [1.82, 2.24) is 0 Å². The third-order valence-corrected chi connectivity index (χ3v) is 5.38. The number of amidine groups is 1. The Morgan fingerprint density at radius 3 is 2.26 bits per heavy atom. The Kier molecular flexibility index (Phi) is 7.41. The molecule has 1 unspecified atom stereocenters. The van der Waals surface area contributed by atoms with Gasteiger partial charge in [0.2, 0.25) is 6.10 Å². The maximum Gasteiger partial charge on any atom is 0.412 e. The Bertz CT molecular complexity index is 1150. The first-order chi connectivity index (χ1) is 16.5. The topological polar surface area (TPSA) is 104 Å². The summed E-state index contributed by atoms with van der Waals surface area (Å²) in [5.41, 5.74) is 2.40. The minimum Gasteiger partial charge on any atom is -0.431 e. The summed E-state index contributed by atoms with van der Waals surface area (Å²) in [7, 11) is 0. The Hall–Kier alpha value is -3.88. The molecular formula is C25H23ClN4O4. The molecule has 34 heavy (non-hydrogen) atoms. The number of nitrogens with one attached hydrogen (secondary N) is 3. The Balaban J connectivity index is 1.45. The zero-order chi connectivity index (χ0) is 23.9. The molecule has 1 saturated heterocycles. The number of amides is 2. The van der Waals surface area contributed by atoms with Crippen LogP contribution in [0.2, 0.25) is 5.02 Å². The van der Waals surface area contributed by atoms with Crippen LogP contribution in [0.1, 0.15) is 11.7 Å². The second kappa shape index (κ2) is 10.8.